The number of benzene rings is 1. The normalized spacial score (nSPS) is 12.2. The van der Waals surface area contributed by atoms with Crippen molar-refractivity contribution in [3.63, 3.8) is 0 Å². The number of thiazole rings is 1. The molecule has 0 aliphatic rings. The Bertz CT molecular complexity index is 841. The predicted molar refractivity (Wildman–Crippen MR) is 74.8 cm³/mol. The van der Waals surface area contributed by atoms with Crippen molar-refractivity contribution in [3.8, 4) is 16.3 Å². The molecule has 1 aromatic heterocycles. The van der Waals surface area contributed by atoms with Gasteiger partial charge in [-0.25, -0.2) is 9.78 Å². The van der Waals surface area contributed by atoms with Crippen LogP contribution in [0.2, 0.25) is 0 Å². The molecule has 1 aromatic carbocycles. The molecule has 0 bridgehead atoms. The smallest absolute Gasteiger partial charge is 0.477 e. The van der Waals surface area contributed by atoms with Gasteiger partial charge in [0.25, 0.3) is 0 Å². The molecule has 1 N–H and O–H groups in total. The Morgan fingerprint density at radius 1 is 1.26 bits per heavy atom. The van der Waals surface area contributed by atoms with Gasteiger partial charge in [0.2, 0.25) is 0 Å². The molecule has 0 atom stereocenters. The third-order valence-corrected chi connectivity index (χ3v) is 4.75. The standard InChI is InChI=1S/C12H8F3NO5S2/c1-6-9(11(17)18)22-10(16-6)7-2-4-8(5-3-7)21-23(19,20)12(13,14)15/h2-5H,1H3,(H,17,18). The maximum Gasteiger partial charge on any atom is 0.534 e. The molecule has 11 heteroatoms. The summed E-state index contributed by atoms with van der Waals surface area (Å²) in [6.45, 7) is 1.51. The largest absolute Gasteiger partial charge is 0.534 e. The second kappa shape index (κ2) is 5.81. The summed E-state index contributed by atoms with van der Waals surface area (Å²) in [6.07, 6.45) is 0. The lowest BCUT2D eigenvalue weighted by Crippen LogP contribution is -2.28. The number of aromatic carboxylic acids is 1. The molecule has 0 unspecified atom stereocenters. The van der Waals surface area contributed by atoms with Crippen LogP contribution in [0.1, 0.15) is 15.4 Å². The SMILES string of the molecule is Cc1nc(-c2ccc(OS(=O)(=O)C(F)(F)F)cc2)sc1C(=O)O. The summed E-state index contributed by atoms with van der Waals surface area (Å²) in [5, 5.41) is 9.29. The number of alkyl halides is 3. The van der Waals surface area contributed by atoms with E-state index in [1.807, 2.05) is 0 Å². The van der Waals surface area contributed by atoms with Gasteiger partial charge in [0, 0.05) is 5.56 Å². The molecular weight excluding hydrogens is 359 g/mol. The second-order valence-electron chi connectivity index (χ2n) is 4.25. The highest BCUT2D eigenvalue weighted by atomic mass is 32.2. The zero-order valence-corrected chi connectivity index (χ0v) is 12.9. The number of aromatic nitrogens is 1. The van der Waals surface area contributed by atoms with E-state index in [4.69, 9.17) is 5.11 Å². The fourth-order valence-electron chi connectivity index (χ4n) is 1.55. The number of carboxylic acid groups (broad SMARTS) is 1. The van der Waals surface area contributed by atoms with Gasteiger partial charge >= 0.3 is 21.6 Å². The van der Waals surface area contributed by atoms with Crippen molar-refractivity contribution in [2.75, 3.05) is 0 Å². The molecule has 0 saturated carbocycles. The van der Waals surface area contributed by atoms with E-state index < -0.39 is 27.3 Å². The monoisotopic (exact) mass is 367 g/mol. The molecule has 1 heterocycles. The van der Waals surface area contributed by atoms with E-state index in [1.165, 1.54) is 19.1 Å². The number of hydrogen-bond acceptors (Lipinski definition) is 6. The molecule has 0 saturated heterocycles. The average molecular weight is 367 g/mol. The Hall–Kier alpha value is -2.14. The fraction of sp³-hybridized carbons (Fsp3) is 0.167. The van der Waals surface area contributed by atoms with Crippen molar-refractivity contribution in [1.82, 2.24) is 4.98 Å². The lowest BCUT2D eigenvalue weighted by molar-refractivity contribution is -0.0500. The van der Waals surface area contributed by atoms with Gasteiger partial charge in [0.05, 0.1) is 5.69 Å². The lowest BCUT2D eigenvalue weighted by atomic mass is 10.2. The summed E-state index contributed by atoms with van der Waals surface area (Å²) < 4.78 is 62.3. The number of carbonyl (C=O) groups is 1. The van der Waals surface area contributed by atoms with Gasteiger partial charge < -0.3 is 9.29 Å². The molecule has 23 heavy (non-hydrogen) atoms. The van der Waals surface area contributed by atoms with Crippen LogP contribution in [0.5, 0.6) is 5.75 Å². The summed E-state index contributed by atoms with van der Waals surface area (Å²) in [6, 6.07) is 4.61. The predicted octanol–water partition coefficient (Wildman–Crippen LogP) is 3.05. The minimum absolute atomic E-state index is 0.0416. The van der Waals surface area contributed by atoms with Crippen LogP contribution in [-0.4, -0.2) is 30.0 Å². The Labute approximate surface area is 132 Å². The lowest BCUT2D eigenvalue weighted by Gasteiger charge is -2.09. The van der Waals surface area contributed by atoms with Crippen LogP contribution in [-0.2, 0) is 10.1 Å². The Balaban J connectivity index is 2.27. The highest BCUT2D eigenvalue weighted by molar-refractivity contribution is 7.88. The molecule has 0 radical (unpaired) electrons. The average Bonchev–Trinajstić information content (AvgIpc) is 2.80. The highest BCUT2D eigenvalue weighted by Crippen LogP contribution is 2.31. The third-order valence-electron chi connectivity index (χ3n) is 2.58. The molecule has 0 aliphatic carbocycles. The van der Waals surface area contributed by atoms with Gasteiger partial charge in [-0.3, -0.25) is 0 Å². The van der Waals surface area contributed by atoms with Crippen LogP contribution in [0.15, 0.2) is 24.3 Å². The molecular formula is C12H8F3NO5S2. The van der Waals surface area contributed by atoms with Crippen LogP contribution in [0, 0.1) is 6.92 Å². The molecule has 6 nitrogen and oxygen atoms in total. The molecule has 124 valence electrons. The van der Waals surface area contributed by atoms with Crippen LogP contribution in [0.4, 0.5) is 13.2 Å². The first-order chi connectivity index (χ1) is 10.5. The summed E-state index contributed by atoms with van der Waals surface area (Å²) in [4.78, 5) is 15.0. The summed E-state index contributed by atoms with van der Waals surface area (Å²) in [5.41, 5.74) is -4.80. The molecule has 0 aliphatic heterocycles. The van der Waals surface area contributed by atoms with Crippen LogP contribution >= 0.6 is 11.3 Å². The Morgan fingerprint density at radius 2 is 1.83 bits per heavy atom. The zero-order valence-electron chi connectivity index (χ0n) is 11.3. The maximum atomic E-state index is 12.2. The topological polar surface area (TPSA) is 93.6 Å². The fourth-order valence-corrected chi connectivity index (χ4v) is 2.91. The van der Waals surface area contributed by atoms with Gasteiger partial charge in [-0.2, -0.15) is 21.6 Å². The summed E-state index contributed by atoms with van der Waals surface area (Å²) in [5.74, 6) is -1.65. The van der Waals surface area contributed by atoms with Gasteiger partial charge in [-0.05, 0) is 31.2 Å². The van der Waals surface area contributed by atoms with E-state index in [0.29, 0.717) is 16.3 Å². The highest BCUT2D eigenvalue weighted by Gasteiger charge is 2.48. The van der Waals surface area contributed by atoms with Crippen LogP contribution in [0.3, 0.4) is 0 Å². The Morgan fingerprint density at radius 3 is 2.26 bits per heavy atom. The molecule has 0 spiro atoms. The minimum atomic E-state index is -5.73. The quantitative estimate of drug-likeness (QED) is 0.659. The summed E-state index contributed by atoms with van der Waals surface area (Å²) >= 11 is 0.894. The van der Waals surface area contributed by atoms with Crippen LogP contribution in [0.25, 0.3) is 10.6 Å². The van der Waals surface area contributed by atoms with E-state index in [0.717, 1.165) is 23.5 Å². The van der Waals surface area contributed by atoms with Crippen molar-refractivity contribution in [2.45, 2.75) is 12.4 Å². The number of rotatable bonds is 4. The van der Waals surface area contributed by atoms with Gasteiger partial charge in [0.15, 0.2) is 0 Å². The van der Waals surface area contributed by atoms with Gasteiger partial charge in [0.1, 0.15) is 15.6 Å². The van der Waals surface area contributed by atoms with Crippen molar-refractivity contribution in [3.05, 3.63) is 34.8 Å². The first-order valence-corrected chi connectivity index (χ1v) is 8.05. The maximum absolute atomic E-state index is 12.2. The first kappa shape index (κ1) is 17.2. The Kier molecular flexibility index (Phi) is 4.35. The second-order valence-corrected chi connectivity index (χ2v) is 6.78. The minimum Gasteiger partial charge on any atom is -0.477 e. The van der Waals surface area contributed by atoms with Gasteiger partial charge in [-0.1, -0.05) is 0 Å². The molecule has 2 rings (SSSR count). The summed E-state index contributed by atoms with van der Waals surface area (Å²) in [7, 11) is -5.73. The number of aryl methyl sites for hydroxylation is 1. The van der Waals surface area contributed by atoms with E-state index in [1.54, 1.807) is 0 Å². The number of hydrogen-bond donors (Lipinski definition) is 1. The first-order valence-electron chi connectivity index (χ1n) is 5.83. The zero-order chi connectivity index (χ0) is 17.4. The molecule has 2 aromatic rings. The van der Waals surface area contributed by atoms with E-state index in [9.17, 15) is 26.4 Å². The van der Waals surface area contributed by atoms with Crippen molar-refractivity contribution < 1.29 is 35.7 Å². The van der Waals surface area contributed by atoms with E-state index >= 15 is 0 Å². The van der Waals surface area contributed by atoms with Crippen molar-refractivity contribution in [2.24, 2.45) is 0 Å². The van der Waals surface area contributed by atoms with Crippen molar-refractivity contribution >= 4 is 27.4 Å². The van der Waals surface area contributed by atoms with E-state index in [-0.39, 0.29) is 4.88 Å². The van der Waals surface area contributed by atoms with Crippen molar-refractivity contribution in [1.29, 1.82) is 0 Å². The number of nitrogens with zero attached hydrogens (tertiary/aromatic N) is 1. The van der Waals surface area contributed by atoms with E-state index in [2.05, 4.69) is 9.17 Å². The number of halogens is 3. The van der Waals surface area contributed by atoms with Crippen LogP contribution < -0.4 is 4.18 Å². The molecule has 0 fully saturated rings. The molecule has 0 amide bonds. The third kappa shape index (κ3) is 3.62. The number of carboxylic acids is 1. The van der Waals surface area contributed by atoms with Gasteiger partial charge in [-0.15, -0.1) is 11.3 Å².